The number of hydrogen-bond donors (Lipinski definition) is 1. The third-order valence-electron chi connectivity index (χ3n) is 6.02. The Bertz CT molecular complexity index is 1020. The van der Waals surface area contributed by atoms with Crippen LogP contribution in [0.25, 0.3) is 10.9 Å². The van der Waals surface area contributed by atoms with Gasteiger partial charge in [-0.3, -0.25) is 4.79 Å². The molecule has 1 saturated carbocycles. The summed E-state index contributed by atoms with van der Waals surface area (Å²) in [7, 11) is 0. The third kappa shape index (κ3) is 5.80. The summed E-state index contributed by atoms with van der Waals surface area (Å²) >= 11 is 0. The van der Waals surface area contributed by atoms with E-state index in [2.05, 4.69) is 4.98 Å². The van der Waals surface area contributed by atoms with Gasteiger partial charge >= 0.3 is 12.1 Å². The van der Waals surface area contributed by atoms with Crippen LogP contribution in [0.1, 0.15) is 36.2 Å². The molecule has 0 radical (unpaired) electrons. The number of alkyl halides is 3. The van der Waals surface area contributed by atoms with E-state index in [1.807, 2.05) is 41.3 Å². The Morgan fingerprint density at radius 1 is 1.15 bits per heavy atom. The van der Waals surface area contributed by atoms with Crippen molar-refractivity contribution in [2.45, 2.75) is 43.6 Å². The molecule has 10 heteroatoms. The summed E-state index contributed by atoms with van der Waals surface area (Å²) < 4.78 is 43.9. The molecule has 1 aromatic carbocycles. The standard InChI is InChI=1S/C21H24N2O3.C2HF3O2/c24-20(19-8-7-16-3-1-2-4-18(16)22-19)23-13-21(14-23)11-17(9-10-26-21)25-12-15-5-6-15;3-2(4,5)1(6)7/h1-4,7-8,15,17H,5-6,9-14H2;(H,6,7). The Kier molecular flexibility index (Phi) is 6.58. The van der Waals surface area contributed by atoms with Crippen LogP contribution in [0.4, 0.5) is 13.2 Å². The van der Waals surface area contributed by atoms with Gasteiger partial charge in [-0.1, -0.05) is 24.3 Å². The highest BCUT2D eigenvalue weighted by molar-refractivity contribution is 5.95. The van der Waals surface area contributed by atoms with Crippen molar-refractivity contribution >= 4 is 22.8 Å². The Morgan fingerprint density at radius 3 is 2.52 bits per heavy atom. The van der Waals surface area contributed by atoms with Gasteiger partial charge in [0.15, 0.2) is 0 Å². The molecule has 3 heterocycles. The topological polar surface area (TPSA) is 89.0 Å². The second-order valence-electron chi connectivity index (χ2n) is 8.78. The molecule has 178 valence electrons. The van der Waals surface area contributed by atoms with Crippen LogP contribution in [0.15, 0.2) is 36.4 Å². The summed E-state index contributed by atoms with van der Waals surface area (Å²) in [4.78, 5) is 28.0. The van der Waals surface area contributed by atoms with Crippen molar-refractivity contribution in [1.82, 2.24) is 9.88 Å². The Morgan fingerprint density at radius 2 is 1.85 bits per heavy atom. The van der Waals surface area contributed by atoms with Crippen molar-refractivity contribution in [1.29, 1.82) is 0 Å². The van der Waals surface area contributed by atoms with Crippen molar-refractivity contribution in [2.24, 2.45) is 5.92 Å². The first-order valence-electron chi connectivity index (χ1n) is 10.9. The quantitative estimate of drug-likeness (QED) is 0.740. The average molecular weight is 466 g/mol. The van der Waals surface area contributed by atoms with Gasteiger partial charge in [0, 0.05) is 25.0 Å². The van der Waals surface area contributed by atoms with Crippen LogP contribution in [0.2, 0.25) is 0 Å². The molecule has 1 atom stereocenters. The average Bonchev–Trinajstić information content (AvgIpc) is 3.60. The minimum Gasteiger partial charge on any atom is -0.475 e. The molecule has 1 amide bonds. The first kappa shape index (κ1) is 23.4. The summed E-state index contributed by atoms with van der Waals surface area (Å²) in [5.74, 6) is -1.98. The second kappa shape index (κ2) is 9.26. The highest BCUT2D eigenvalue weighted by atomic mass is 19.4. The number of aromatic nitrogens is 1. The van der Waals surface area contributed by atoms with Gasteiger partial charge < -0.3 is 19.5 Å². The lowest BCUT2D eigenvalue weighted by atomic mass is 9.84. The number of fused-ring (bicyclic) bond motifs is 1. The number of carbonyl (C=O) groups is 2. The molecule has 1 aliphatic carbocycles. The van der Waals surface area contributed by atoms with Crippen LogP contribution in [-0.4, -0.2) is 71.1 Å². The van der Waals surface area contributed by atoms with Crippen LogP contribution in [-0.2, 0) is 14.3 Å². The zero-order valence-electron chi connectivity index (χ0n) is 17.9. The summed E-state index contributed by atoms with van der Waals surface area (Å²) in [6, 6.07) is 11.7. The molecule has 7 nitrogen and oxygen atoms in total. The minimum atomic E-state index is -5.08. The van der Waals surface area contributed by atoms with Gasteiger partial charge in [-0.15, -0.1) is 0 Å². The van der Waals surface area contributed by atoms with Crippen LogP contribution in [0.3, 0.4) is 0 Å². The molecule has 33 heavy (non-hydrogen) atoms. The number of likely N-dealkylation sites (tertiary alicyclic amines) is 1. The molecule has 2 aliphatic heterocycles. The highest BCUT2D eigenvalue weighted by Crippen LogP contribution is 2.37. The fourth-order valence-electron chi connectivity index (χ4n) is 4.04. The predicted octanol–water partition coefficient (Wildman–Crippen LogP) is 3.67. The van der Waals surface area contributed by atoms with Gasteiger partial charge in [0.05, 0.1) is 24.7 Å². The second-order valence-corrected chi connectivity index (χ2v) is 8.78. The number of ether oxygens (including phenoxy) is 2. The number of pyridine rings is 1. The summed E-state index contributed by atoms with van der Waals surface area (Å²) in [6.45, 7) is 2.91. The molecule has 2 saturated heterocycles. The fraction of sp³-hybridized carbons (Fsp3) is 0.522. The zero-order chi connectivity index (χ0) is 23.6. The minimum absolute atomic E-state index is 0.00833. The summed E-state index contributed by atoms with van der Waals surface area (Å²) in [6.07, 6.45) is -0.311. The molecule has 2 aromatic rings. The molecule has 1 unspecified atom stereocenters. The zero-order valence-corrected chi connectivity index (χ0v) is 17.9. The SMILES string of the molecule is O=C(O)C(F)(F)F.O=C(c1ccc2ccccc2n1)N1CC2(CC(OCC3CC3)CCO2)C1. The molecule has 1 aromatic heterocycles. The van der Waals surface area contributed by atoms with Gasteiger partial charge in [0.25, 0.3) is 5.91 Å². The van der Waals surface area contributed by atoms with Gasteiger partial charge in [0.1, 0.15) is 11.3 Å². The Labute approximate surface area is 188 Å². The first-order valence-corrected chi connectivity index (χ1v) is 10.9. The van der Waals surface area contributed by atoms with Crippen LogP contribution in [0.5, 0.6) is 0 Å². The number of carboxylic acids is 1. The number of aliphatic carboxylic acids is 1. The molecule has 5 rings (SSSR count). The molecule has 1 spiro atoms. The van der Waals surface area contributed by atoms with Crippen LogP contribution < -0.4 is 0 Å². The molecule has 1 N–H and O–H groups in total. The molecule has 3 aliphatic rings. The van der Waals surface area contributed by atoms with Crippen molar-refractivity contribution in [3.8, 4) is 0 Å². The van der Waals surface area contributed by atoms with E-state index in [-0.39, 0.29) is 17.6 Å². The van der Waals surface area contributed by atoms with Gasteiger partial charge in [-0.2, -0.15) is 13.2 Å². The maximum Gasteiger partial charge on any atom is 0.490 e. The number of nitrogens with zero attached hydrogens (tertiary/aromatic N) is 2. The van der Waals surface area contributed by atoms with Crippen molar-refractivity contribution in [2.75, 3.05) is 26.3 Å². The van der Waals surface area contributed by atoms with Crippen LogP contribution >= 0.6 is 0 Å². The fourth-order valence-corrected chi connectivity index (χ4v) is 4.04. The smallest absolute Gasteiger partial charge is 0.475 e. The summed E-state index contributed by atoms with van der Waals surface area (Å²) in [5, 5.41) is 8.18. The number of benzene rings is 1. The van der Waals surface area contributed by atoms with E-state index in [4.69, 9.17) is 19.4 Å². The monoisotopic (exact) mass is 466 g/mol. The number of carbonyl (C=O) groups excluding carboxylic acids is 1. The van der Waals surface area contributed by atoms with Gasteiger partial charge in [-0.25, -0.2) is 9.78 Å². The predicted molar refractivity (Wildman–Crippen MR) is 112 cm³/mol. The number of carboxylic acid groups (broad SMARTS) is 1. The third-order valence-corrected chi connectivity index (χ3v) is 6.02. The van der Waals surface area contributed by atoms with Crippen molar-refractivity contribution < 1.29 is 37.3 Å². The number of amides is 1. The van der Waals surface area contributed by atoms with Crippen LogP contribution in [0, 0.1) is 5.92 Å². The largest absolute Gasteiger partial charge is 0.490 e. The number of para-hydroxylation sites is 1. The molecular weight excluding hydrogens is 441 g/mol. The maximum absolute atomic E-state index is 12.8. The van der Waals surface area contributed by atoms with Crippen molar-refractivity contribution in [3.63, 3.8) is 0 Å². The molecule has 3 fully saturated rings. The van der Waals surface area contributed by atoms with E-state index in [9.17, 15) is 18.0 Å². The Balaban J connectivity index is 0.000000325. The van der Waals surface area contributed by atoms with E-state index in [0.29, 0.717) is 18.8 Å². The number of halogens is 3. The maximum atomic E-state index is 12.8. The summed E-state index contributed by atoms with van der Waals surface area (Å²) in [5.41, 5.74) is 1.16. The number of rotatable bonds is 4. The lowest BCUT2D eigenvalue weighted by Crippen LogP contribution is -2.67. The van der Waals surface area contributed by atoms with Crippen molar-refractivity contribution in [3.05, 3.63) is 42.1 Å². The van der Waals surface area contributed by atoms with E-state index in [1.54, 1.807) is 0 Å². The van der Waals surface area contributed by atoms with Gasteiger partial charge in [0.2, 0.25) is 0 Å². The number of hydrogen-bond acceptors (Lipinski definition) is 5. The van der Waals surface area contributed by atoms with E-state index < -0.39 is 12.1 Å². The van der Waals surface area contributed by atoms with E-state index in [1.165, 1.54) is 12.8 Å². The molecular formula is C23H25F3N2O5. The van der Waals surface area contributed by atoms with E-state index >= 15 is 0 Å². The lowest BCUT2D eigenvalue weighted by Gasteiger charge is -2.52. The van der Waals surface area contributed by atoms with E-state index in [0.717, 1.165) is 42.9 Å². The Hall–Kier alpha value is -2.72. The highest BCUT2D eigenvalue weighted by Gasteiger charge is 2.50. The molecule has 0 bridgehead atoms. The lowest BCUT2D eigenvalue weighted by molar-refractivity contribution is -0.192. The normalized spacial score (nSPS) is 21.8. The van der Waals surface area contributed by atoms with Gasteiger partial charge in [-0.05, 0) is 37.3 Å². The first-order chi connectivity index (χ1) is 15.7.